The van der Waals surface area contributed by atoms with E-state index in [0.717, 1.165) is 22.2 Å². The number of non-ortho nitro benzene ring substituents is 1. The minimum absolute atomic E-state index is 0.0671. The highest BCUT2D eigenvalue weighted by atomic mass is 16.6. The summed E-state index contributed by atoms with van der Waals surface area (Å²) in [6.07, 6.45) is 3.57. The van der Waals surface area contributed by atoms with Gasteiger partial charge in [-0.15, -0.1) is 0 Å². The van der Waals surface area contributed by atoms with Gasteiger partial charge in [0.1, 0.15) is 5.52 Å². The maximum Gasteiger partial charge on any atom is 0.269 e. The van der Waals surface area contributed by atoms with Gasteiger partial charge in [0.25, 0.3) is 5.69 Å². The standard InChI is InChI=1S/C21H14N2O3/c24-23(25)18-10-6-15(7-11-18)8-13-21-22-19-14-17(9-12-20(19)26-21)16-4-2-1-3-5-16/h1-14H/b13-8+. The molecule has 1 aromatic heterocycles. The van der Waals surface area contributed by atoms with Gasteiger partial charge in [0.15, 0.2) is 5.58 Å². The minimum atomic E-state index is -0.418. The van der Waals surface area contributed by atoms with Crippen molar-refractivity contribution in [2.45, 2.75) is 0 Å². The zero-order valence-corrected chi connectivity index (χ0v) is 13.7. The quantitative estimate of drug-likeness (QED) is 0.359. The van der Waals surface area contributed by atoms with Crippen LogP contribution in [0.3, 0.4) is 0 Å². The van der Waals surface area contributed by atoms with E-state index in [0.29, 0.717) is 11.5 Å². The maximum absolute atomic E-state index is 10.7. The number of benzene rings is 3. The van der Waals surface area contributed by atoms with Crippen molar-refractivity contribution in [2.24, 2.45) is 0 Å². The molecule has 5 nitrogen and oxygen atoms in total. The van der Waals surface area contributed by atoms with Gasteiger partial charge in [0.05, 0.1) is 4.92 Å². The summed E-state index contributed by atoms with van der Waals surface area (Å²) in [5, 5.41) is 10.7. The topological polar surface area (TPSA) is 69.2 Å². The molecule has 3 aromatic carbocycles. The highest BCUT2D eigenvalue weighted by Crippen LogP contribution is 2.25. The van der Waals surface area contributed by atoms with Crippen LogP contribution in [0.5, 0.6) is 0 Å². The van der Waals surface area contributed by atoms with Crippen LogP contribution in [-0.4, -0.2) is 9.91 Å². The fourth-order valence-corrected chi connectivity index (χ4v) is 2.70. The van der Waals surface area contributed by atoms with Crippen LogP contribution < -0.4 is 0 Å². The summed E-state index contributed by atoms with van der Waals surface area (Å²) in [4.78, 5) is 14.8. The second kappa shape index (κ2) is 6.64. The van der Waals surface area contributed by atoms with Crippen LogP contribution in [0.4, 0.5) is 5.69 Å². The van der Waals surface area contributed by atoms with Crippen molar-refractivity contribution in [1.29, 1.82) is 0 Å². The molecule has 0 saturated heterocycles. The number of nitrogens with zero attached hydrogens (tertiary/aromatic N) is 2. The Bertz CT molecular complexity index is 1100. The van der Waals surface area contributed by atoms with Gasteiger partial charge in [-0.05, 0) is 47.0 Å². The molecule has 126 valence electrons. The van der Waals surface area contributed by atoms with E-state index in [2.05, 4.69) is 17.1 Å². The number of hydrogen-bond acceptors (Lipinski definition) is 4. The summed E-state index contributed by atoms with van der Waals surface area (Å²) in [7, 11) is 0. The van der Waals surface area contributed by atoms with Gasteiger partial charge >= 0.3 is 0 Å². The zero-order valence-electron chi connectivity index (χ0n) is 13.7. The summed E-state index contributed by atoms with van der Waals surface area (Å²) >= 11 is 0. The van der Waals surface area contributed by atoms with Crippen molar-refractivity contribution < 1.29 is 9.34 Å². The van der Waals surface area contributed by atoms with Crippen LogP contribution in [0, 0.1) is 10.1 Å². The highest BCUT2D eigenvalue weighted by Gasteiger charge is 2.06. The summed E-state index contributed by atoms with van der Waals surface area (Å²) in [5.74, 6) is 0.489. The fourth-order valence-electron chi connectivity index (χ4n) is 2.70. The molecule has 0 aliphatic heterocycles. The van der Waals surface area contributed by atoms with Crippen LogP contribution in [0.1, 0.15) is 11.5 Å². The molecule has 5 heteroatoms. The van der Waals surface area contributed by atoms with Gasteiger partial charge in [-0.1, -0.05) is 36.4 Å². The molecular formula is C21H14N2O3. The molecule has 4 aromatic rings. The lowest BCUT2D eigenvalue weighted by atomic mass is 10.1. The molecule has 0 radical (unpaired) electrons. The summed E-state index contributed by atoms with van der Waals surface area (Å²) < 4.78 is 5.74. The van der Waals surface area contributed by atoms with Crippen LogP contribution >= 0.6 is 0 Å². The molecule has 26 heavy (non-hydrogen) atoms. The largest absolute Gasteiger partial charge is 0.437 e. The molecule has 0 bridgehead atoms. The summed E-state index contributed by atoms with van der Waals surface area (Å²) in [6, 6.07) is 22.3. The van der Waals surface area contributed by atoms with Crippen molar-refractivity contribution in [3.05, 3.63) is 94.4 Å². The molecule has 0 amide bonds. The number of fused-ring (bicyclic) bond motifs is 1. The lowest BCUT2D eigenvalue weighted by Crippen LogP contribution is -1.86. The Kier molecular flexibility index (Phi) is 4.03. The van der Waals surface area contributed by atoms with E-state index in [9.17, 15) is 10.1 Å². The first-order valence-corrected chi connectivity index (χ1v) is 8.07. The molecule has 0 fully saturated rings. The summed E-state index contributed by atoms with van der Waals surface area (Å²) in [5.41, 5.74) is 4.61. The van der Waals surface area contributed by atoms with Crippen molar-refractivity contribution in [1.82, 2.24) is 4.98 Å². The van der Waals surface area contributed by atoms with Gasteiger partial charge < -0.3 is 4.42 Å². The zero-order chi connectivity index (χ0) is 17.9. The highest BCUT2D eigenvalue weighted by molar-refractivity contribution is 5.82. The molecule has 0 spiro atoms. The van der Waals surface area contributed by atoms with Crippen molar-refractivity contribution in [2.75, 3.05) is 0 Å². The van der Waals surface area contributed by atoms with Crippen LogP contribution in [-0.2, 0) is 0 Å². The lowest BCUT2D eigenvalue weighted by molar-refractivity contribution is -0.384. The van der Waals surface area contributed by atoms with Crippen molar-refractivity contribution in [3.8, 4) is 11.1 Å². The Morgan fingerprint density at radius 3 is 2.38 bits per heavy atom. The van der Waals surface area contributed by atoms with E-state index in [1.54, 1.807) is 18.2 Å². The molecule has 0 unspecified atom stereocenters. The third kappa shape index (κ3) is 3.23. The van der Waals surface area contributed by atoms with Crippen LogP contribution in [0.25, 0.3) is 34.4 Å². The molecule has 0 N–H and O–H groups in total. The van der Waals surface area contributed by atoms with Gasteiger partial charge in [-0.3, -0.25) is 10.1 Å². The normalized spacial score (nSPS) is 11.2. The Labute approximate surface area is 149 Å². The Morgan fingerprint density at radius 2 is 1.65 bits per heavy atom. The van der Waals surface area contributed by atoms with Crippen LogP contribution in [0.2, 0.25) is 0 Å². The average Bonchev–Trinajstić information content (AvgIpc) is 3.09. The Morgan fingerprint density at radius 1 is 0.885 bits per heavy atom. The predicted molar refractivity (Wildman–Crippen MR) is 101 cm³/mol. The molecule has 4 rings (SSSR count). The molecule has 0 aliphatic carbocycles. The van der Waals surface area contributed by atoms with Crippen LogP contribution in [0.15, 0.2) is 77.2 Å². The maximum atomic E-state index is 10.7. The Hall–Kier alpha value is -3.73. The lowest BCUT2D eigenvalue weighted by Gasteiger charge is -1.99. The van der Waals surface area contributed by atoms with Gasteiger partial charge in [-0.25, -0.2) is 4.98 Å². The minimum Gasteiger partial charge on any atom is -0.437 e. The van der Waals surface area contributed by atoms with E-state index < -0.39 is 4.92 Å². The SMILES string of the molecule is O=[N+]([O-])c1ccc(/C=C/c2nc3cc(-c4ccccc4)ccc3o2)cc1. The van der Waals surface area contributed by atoms with Crippen molar-refractivity contribution >= 4 is 28.9 Å². The number of oxazole rings is 1. The predicted octanol–water partition coefficient (Wildman–Crippen LogP) is 5.57. The van der Waals surface area contributed by atoms with E-state index in [1.165, 1.54) is 12.1 Å². The summed E-state index contributed by atoms with van der Waals surface area (Å²) in [6.45, 7) is 0. The second-order valence-corrected chi connectivity index (χ2v) is 5.78. The first kappa shape index (κ1) is 15.8. The second-order valence-electron chi connectivity index (χ2n) is 5.78. The molecule has 0 aliphatic rings. The first-order valence-electron chi connectivity index (χ1n) is 8.07. The number of hydrogen-bond donors (Lipinski definition) is 0. The number of nitro groups is 1. The Balaban J connectivity index is 1.60. The third-order valence-electron chi connectivity index (χ3n) is 4.03. The average molecular weight is 342 g/mol. The first-order chi connectivity index (χ1) is 12.7. The number of rotatable bonds is 4. The molecule has 1 heterocycles. The molecule has 0 atom stereocenters. The molecular weight excluding hydrogens is 328 g/mol. The van der Waals surface area contributed by atoms with E-state index >= 15 is 0 Å². The fraction of sp³-hybridized carbons (Fsp3) is 0. The van der Waals surface area contributed by atoms with Gasteiger partial charge in [0.2, 0.25) is 5.89 Å². The van der Waals surface area contributed by atoms with Gasteiger partial charge in [-0.2, -0.15) is 0 Å². The number of aromatic nitrogens is 1. The smallest absolute Gasteiger partial charge is 0.269 e. The van der Waals surface area contributed by atoms with Crippen molar-refractivity contribution in [3.63, 3.8) is 0 Å². The monoisotopic (exact) mass is 342 g/mol. The van der Waals surface area contributed by atoms with E-state index in [-0.39, 0.29) is 5.69 Å². The van der Waals surface area contributed by atoms with E-state index in [1.807, 2.05) is 42.5 Å². The number of nitro benzene ring substituents is 1. The van der Waals surface area contributed by atoms with E-state index in [4.69, 9.17) is 4.42 Å². The third-order valence-corrected chi connectivity index (χ3v) is 4.03. The van der Waals surface area contributed by atoms with Gasteiger partial charge in [0, 0.05) is 18.2 Å². The molecule has 0 saturated carbocycles.